The topological polar surface area (TPSA) is 49.2 Å². The SMILES string of the molecule is CC1(O)CCCN(c2ccnc3cc(Br)cnc23)C1. The smallest absolute Gasteiger partial charge is 0.112 e. The third kappa shape index (κ3) is 2.58. The van der Waals surface area contributed by atoms with Crippen LogP contribution in [-0.4, -0.2) is 33.8 Å². The molecule has 3 heterocycles. The van der Waals surface area contributed by atoms with Crippen molar-refractivity contribution in [3.05, 3.63) is 29.0 Å². The number of nitrogens with zero attached hydrogens (tertiary/aromatic N) is 3. The van der Waals surface area contributed by atoms with Crippen molar-refractivity contribution in [1.29, 1.82) is 0 Å². The molecule has 1 N–H and O–H groups in total. The van der Waals surface area contributed by atoms with Crippen LogP contribution in [0.3, 0.4) is 0 Å². The highest BCUT2D eigenvalue weighted by Crippen LogP contribution is 2.30. The molecule has 1 atom stereocenters. The Bertz CT molecular complexity index is 615. The van der Waals surface area contributed by atoms with Crippen molar-refractivity contribution in [2.75, 3.05) is 18.0 Å². The molecule has 0 aromatic carbocycles. The summed E-state index contributed by atoms with van der Waals surface area (Å²) < 4.78 is 0.926. The molecule has 0 bridgehead atoms. The zero-order valence-corrected chi connectivity index (χ0v) is 12.4. The monoisotopic (exact) mass is 321 g/mol. The molecule has 0 saturated carbocycles. The lowest BCUT2D eigenvalue weighted by atomic mass is 9.95. The van der Waals surface area contributed by atoms with Crippen molar-refractivity contribution in [3.8, 4) is 0 Å². The summed E-state index contributed by atoms with van der Waals surface area (Å²) in [6.07, 6.45) is 5.43. The van der Waals surface area contributed by atoms with Crippen LogP contribution in [0.4, 0.5) is 5.69 Å². The average Bonchev–Trinajstić information content (AvgIpc) is 2.36. The summed E-state index contributed by atoms with van der Waals surface area (Å²) in [5.41, 5.74) is 2.20. The first-order valence-corrected chi connectivity index (χ1v) is 7.22. The largest absolute Gasteiger partial charge is 0.388 e. The number of anilines is 1. The van der Waals surface area contributed by atoms with Gasteiger partial charge in [0.25, 0.3) is 0 Å². The van der Waals surface area contributed by atoms with Gasteiger partial charge in [-0.25, -0.2) is 0 Å². The first kappa shape index (κ1) is 12.8. The predicted molar refractivity (Wildman–Crippen MR) is 79.3 cm³/mol. The number of halogens is 1. The van der Waals surface area contributed by atoms with E-state index in [2.05, 4.69) is 30.8 Å². The average molecular weight is 322 g/mol. The molecule has 2 aromatic heterocycles. The van der Waals surface area contributed by atoms with Crippen LogP contribution in [0.5, 0.6) is 0 Å². The van der Waals surface area contributed by atoms with Crippen LogP contribution < -0.4 is 4.90 Å². The number of hydrogen-bond acceptors (Lipinski definition) is 4. The summed E-state index contributed by atoms with van der Waals surface area (Å²) in [5, 5.41) is 10.2. The van der Waals surface area contributed by atoms with E-state index in [4.69, 9.17) is 0 Å². The minimum Gasteiger partial charge on any atom is -0.388 e. The molecule has 4 nitrogen and oxygen atoms in total. The third-order valence-electron chi connectivity index (χ3n) is 3.54. The second-order valence-electron chi connectivity index (χ2n) is 5.37. The first-order chi connectivity index (χ1) is 9.05. The molecular weight excluding hydrogens is 306 g/mol. The molecule has 0 radical (unpaired) electrons. The Hall–Kier alpha value is -1.20. The number of pyridine rings is 2. The maximum atomic E-state index is 10.2. The molecule has 1 unspecified atom stereocenters. The molecule has 5 heteroatoms. The van der Waals surface area contributed by atoms with E-state index in [1.165, 1.54) is 0 Å². The van der Waals surface area contributed by atoms with Crippen LogP contribution in [0, 0.1) is 0 Å². The standard InChI is InChI=1S/C14H16BrN3O/c1-14(19)4-2-6-18(9-14)12-3-5-16-11-7-10(15)8-17-13(11)12/h3,5,7-8,19H,2,4,6,9H2,1H3. The minimum atomic E-state index is -0.622. The summed E-state index contributed by atoms with van der Waals surface area (Å²) in [6, 6.07) is 3.94. The second kappa shape index (κ2) is 4.72. The van der Waals surface area contributed by atoms with Gasteiger partial charge in [0.2, 0.25) is 0 Å². The predicted octanol–water partition coefficient (Wildman–Crippen LogP) is 2.74. The summed E-state index contributed by atoms with van der Waals surface area (Å²) in [6.45, 7) is 3.49. The van der Waals surface area contributed by atoms with E-state index in [0.29, 0.717) is 6.54 Å². The van der Waals surface area contributed by atoms with Crippen molar-refractivity contribution in [2.45, 2.75) is 25.4 Å². The Kier molecular flexibility index (Phi) is 3.19. The number of piperidine rings is 1. The Morgan fingerprint density at radius 2 is 2.26 bits per heavy atom. The van der Waals surface area contributed by atoms with Gasteiger partial charge in [-0.1, -0.05) is 0 Å². The van der Waals surface area contributed by atoms with Crippen molar-refractivity contribution in [2.24, 2.45) is 0 Å². The number of fused-ring (bicyclic) bond motifs is 1. The zero-order chi connectivity index (χ0) is 13.5. The van der Waals surface area contributed by atoms with Gasteiger partial charge in [-0.05, 0) is 47.8 Å². The number of aromatic nitrogens is 2. The van der Waals surface area contributed by atoms with Crippen LogP contribution in [0.2, 0.25) is 0 Å². The van der Waals surface area contributed by atoms with Gasteiger partial charge < -0.3 is 10.0 Å². The highest BCUT2D eigenvalue weighted by atomic mass is 79.9. The molecule has 100 valence electrons. The lowest BCUT2D eigenvalue weighted by Crippen LogP contribution is -2.46. The Balaban J connectivity index is 2.05. The van der Waals surface area contributed by atoms with Crippen molar-refractivity contribution in [3.63, 3.8) is 0 Å². The lowest BCUT2D eigenvalue weighted by Gasteiger charge is -2.38. The fourth-order valence-corrected chi connectivity index (χ4v) is 2.99. The van der Waals surface area contributed by atoms with E-state index in [1.54, 1.807) is 12.4 Å². The number of hydrogen-bond donors (Lipinski definition) is 1. The van der Waals surface area contributed by atoms with E-state index in [9.17, 15) is 5.11 Å². The maximum absolute atomic E-state index is 10.2. The lowest BCUT2D eigenvalue weighted by molar-refractivity contribution is 0.0450. The fraction of sp³-hybridized carbons (Fsp3) is 0.429. The molecular formula is C14H16BrN3O. The molecule has 3 rings (SSSR count). The van der Waals surface area contributed by atoms with E-state index in [1.807, 2.05) is 19.1 Å². The molecule has 19 heavy (non-hydrogen) atoms. The van der Waals surface area contributed by atoms with Crippen LogP contribution in [0.15, 0.2) is 29.0 Å². The van der Waals surface area contributed by atoms with E-state index in [0.717, 1.165) is 40.6 Å². The fourth-order valence-electron chi connectivity index (χ4n) is 2.67. The number of β-amino-alcohol motifs (C(OH)–C–C–N with tert-alkyl or cyclic N) is 1. The van der Waals surface area contributed by atoms with Gasteiger partial charge in [-0.2, -0.15) is 0 Å². The Labute approximate surface area is 120 Å². The van der Waals surface area contributed by atoms with Crippen LogP contribution in [-0.2, 0) is 0 Å². The molecule has 1 fully saturated rings. The van der Waals surface area contributed by atoms with Crippen molar-refractivity contribution in [1.82, 2.24) is 9.97 Å². The van der Waals surface area contributed by atoms with Gasteiger partial charge in [0.05, 0.1) is 16.8 Å². The van der Waals surface area contributed by atoms with Gasteiger partial charge >= 0.3 is 0 Å². The van der Waals surface area contributed by atoms with Crippen molar-refractivity contribution >= 4 is 32.7 Å². The Morgan fingerprint density at radius 3 is 3.05 bits per heavy atom. The van der Waals surface area contributed by atoms with Gasteiger partial charge in [0, 0.05) is 30.0 Å². The highest BCUT2D eigenvalue weighted by Gasteiger charge is 2.29. The number of aliphatic hydroxyl groups is 1. The van der Waals surface area contributed by atoms with E-state index in [-0.39, 0.29) is 0 Å². The number of rotatable bonds is 1. The Morgan fingerprint density at radius 1 is 1.42 bits per heavy atom. The van der Waals surface area contributed by atoms with E-state index >= 15 is 0 Å². The highest BCUT2D eigenvalue weighted by molar-refractivity contribution is 9.10. The zero-order valence-electron chi connectivity index (χ0n) is 10.8. The molecule has 1 aliphatic rings. The van der Waals surface area contributed by atoms with Crippen molar-refractivity contribution < 1.29 is 5.11 Å². The van der Waals surface area contributed by atoms with Gasteiger partial charge in [0.1, 0.15) is 5.52 Å². The third-order valence-corrected chi connectivity index (χ3v) is 3.97. The quantitative estimate of drug-likeness (QED) is 0.877. The molecule has 1 saturated heterocycles. The normalized spacial score (nSPS) is 23.8. The second-order valence-corrected chi connectivity index (χ2v) is 6.29. The van der Waals surface area contributed by atoms with Crippen LogP contribution >= 0.6 is 15.9 Å². The van der Waals surface area contributed by atoms with Crippen LogP contribution in [0.1, 0.15) is 19.8 Å². The summed E-state index contributed by atoms with van der Waals surface area (Å²) in [4.78, 5) is 11.0. The van der Waals surface area contributed by atoms with E-state index < -0.39 is 5.60 Å². The maximum Gasteiger partial charge on any atom is 0.112 e. The summed E-state index contributed by atoms with van der Waals surface area (Å²) in [7, 11) is 0. The first-order valence-electron chi connectivity index (χ1n) is 6.43. The van der Waals surface area contributed by atoms with Gasteiger partial charge in [-0.15, -0.1) is 0 Å². The van der Waals surface area contributed by atoms with Gasteiger partial charge in [-0.3, -0.25) is 9.97 Å². The van der Waals surface area contributed by atoms with Gasteiger partial charge in [0.15, 0.2) is 0 Å². The summed E-state index contributed by atoms with van der Waals surface area (Å²) >= 11 is 3.41. The molecule has 0 amide bonds. The molecule has 1 aliphatic heterocycles. The minimum absolute atomic E-state index is 0.622. The molecule has 2 aromatic rings. The van der Waals surface area contributed by atoms with Crippen LogP contribution in [0.25, 0.3) is 11.0 Å². The molecule has 0 spiro atoms. The summed E-state index contributed by atoms with van der Waals surface area (Å²) in [5.74, 6) is 0. The molecule has 0 aliphatic carbocycles.